The number of carbonyl (C=O) groups excluding carboxylic acids is 2. The minimum Gasteiger partial charge on any atom is -0.444 e. The highest BCUT2D eigenvalue weighted by molar-refractivity contribution is 7.48. The fourth-order valence-corrected chi connectivity index (χ4v) is 6.02. The third-order valence-corrected chi connectivity index (χ3v) is 9.18. The minimum atomic E-state index is -3.83. The van der Waals surface area contributed by atoms with Gasteiger partial charge in [-0.2, -0.15) is 0 Å². The van der Waals surface area contributed by atoms with Crippen molar-refractivity contribution in [2.45, 2.75) is 51.0 Å². The van der Waals surface area contributed by atoms with Crippen LogP contribution in [0.15, 0.2) is 66.7 Å². The molecule has 3 rings (SSSR count). The van der Waals surface area contributed by atoms with E-state index in [0.717, 1.165) is 16.0 Å². The lowest BCUT2D eigenvalue weighted by atomic mass is 9.78. The van der Waals surface area contributed by atoms with Gasteiger partial charge in [0.25, 0.3) is 0 Å². The van der Waals surface area contributed by atoms with E-state index in [4.69, 9.17) is 18.3 Å². The summed E-state index contributed by atoms with van der Waals surface area (Å²) in [6.45, 7) is 4.90. The van der Waals surface area contributed by atoms with E-state index >= 15 is 0 Å². The zero-order valence-corrected chi connectivity index (χ0v) is 26.5. The van der Waals surface area contributed by atoms with Crippen LogP contribution in [0.25, 0.3) is 10.4 Å². The first-order valence-electron chi connectivity index (χ1n) is 13.6. The first-order valence-corrected chi connectivity index (χ1v) is 15.9. The van der Waals surface area contributed by atoms with Crippen LogP contribution in [-0.2, 0) is 34.7 Å². The Kier molecular flexibility index (Phi) is 12.1. The van der Waals surface area contributed by atoms with Crippen molar-refractivity contribution < 1.29 is 37.6 Å². The number of phosphoric ester groups is 1. The summed E-state index contributed by atoms with van der Waals surface area (Å²) in [6.07, 6.45) is 0.784. The Balaban J connectivity index is 1.76. The van der Waals surface area contributed by atoms with Crippen molar-refractivity contribution in [3.8, 4) is 10.4 Å². The predicted octanol–water partition coefficient (Wildman–Crippen LogP) is 6.79. The van der Waals surface area contributed by atoms with Gasteiger partial charge < -0.3 is 15.2 Å². The lowest BCUT2D eigenvalue weighted by Gasteiger charge is -2.33. The number of phosphoric acid groups is 1. The van der Waals surface area contributed by atoms with Crippen molar-refractivity contribution in [1.82, 2.24) is 5.32 Å². The summed E-state index contributed by atoms with van der Waals surface area (Å²) in [4.78, 5) is 26.6. The predicted molar refractivity (Wildman–Crippen MR) is 164 cm³/mol. The van der Waals surface area contributed by atoms with Crippen molar-refractivity contribution in [1.29, 1.82) is 0 Å². The molecule has 11 heteroatoms. The van der Waals surface area contributed by atoms with Gasteiger partial charge in [-0.1, -0.05) is 54.6 Å². The second-order valence-electron chi connectivity index (χ2n) is 10.9. The maximum Gasteiger partial charge on any atom is 0.474 e. The van der Waals surface area contributed by atoms with Gasteiger partial charge in [0.2, 0.25) is 0 Å². The molecule has 3 aromatic rings. The topological polar surface area (TPSA) is 120 Å². The van der Waals surface area contributed by atoms with Gasteiger partial charge in [-0.05, 0) is 62.4 Å². The van der Waals surface area contributed by atoms with Crippen LogP contribution >= 0.6 is 19.2 Å². The number of aliphatic hydroxyl groups is 1. The number of aliphatic hydroxyl groups excluding tert-OH is 1. The summed E-state index contributed by atoms with van der Waals surface area (Å²) >= 11 is 1.43. The number of thiophene rings is 1. The van der Waals surface area contributed by atoms with E-state index in [0.29, 0.717) is 23.3 Å². The maximum atomic E-state index is 12.8. The number of carbonyl (C=O) groups is 2. The number of Topliss-reactive ketones (excluding diaryl/α,β-unsaturated/α-hetero) is 1. The molecule has 0 spiro atoms. The third-order valence-electron chi connectivity index (χ3n) is 6.67. The minimum absolute atomic E-state index is 0.0985. The van der Waals surface area contributed by atoms with E-state index in [2.05, 4.69) is 5.32 Å². The fourth-order valence-electron chi connectivity index (χ4n) is 4.27. The summed E-state index contributed by atoms with van der Waals surface area (Å²) < 4.78 is 33.3. The number of ketones is 1. The van der Waals surface area contributed by atoms with E-state index in [9.17, 15) is 19.3 Å². The Morgan fingerprint density at radius 1 is 0.952 bits per heavy atom. The van der Waals surface area contributed by atoms with E-state index < -0.39 is 24.9 Å². The maximum absolute atomic E-state index is 12.8. The molecule has 2 N–H and O–H groups in total. The SMILES string of the molecule is COP(=O)(OC)OCC(CO)(CCNC(=O)OC(C)(C)C)c1ccc(-c2ccc(C(=O)CCc3ccccc3)s2)cc1. The molecule has 2 aromatic carbocycles. The molecule has 0 aliphatic carbocycles. The normalized spacial score (nSPS) is 13.4. The molecule has 0 aliphatic rings. The van der Waals surface area contributed by atoms with Crippen LogP contribution in [0.5, 0.6) is 0 Å². The van der Waals surface area contributed by atoms with E-state index in [1.165, 1.54) is 25.6 Å². The second kappa shape index (κ2) is 15.0. The lowest BCUT2D eigenvalue weighted by Crippen LogP contribution is -2.41. The highest BCUT2D eigenvalue weighted by Crippen LogP contribution is 2.49. The summed E-state index contributed by atoms with van der Waals surface area (Å²) in [5.41, 5.74) is 1.03. The Morgan fingerprint density at radius 2 is 1.62 bits per heavy atom. The van der Waals surface area contributed by atoms with Crippen molar-refractivity contribution in [3.05, 3.63) is 82.7 Å². The van der Waals surface area contributed by atoms with Gasteiger partial charge in [-0.25, -0.2) is 9.36 Å². The molecule has 228 valence electrons. The smallest absolute Gasteiger partial charge is 0.444 e. The molecule has 0 fully saturated rings. The van der Waals surface area contributed by atoms with E-state index in [1.807, 2.05) is 66.7 Å². The molecule has 9 nitrogen and oxygen atoms in total. The van der Waals surface area contributed by atoms with Gasteiger partial charge in [0, 0.05) is 37.5 Å². The van der Waals surface area contributed by atoms with Crippen molar-refractivity contribution in [2.75, 3.05) is 34.0 Å². The molecule has 1 heterocycles. The molecule has 0 radical (unpaired) electrons. The number of aryl methyl sites for hydroxylation is 1. The Bertz CT molecular complexity index is 1350. The molecule has 1 atom stereocenters. The van der Waals surface area contributed by atoms with Crippen LogP contribution in [0.2, 0.25) is 0 Å². The quantitative estimate of drug-likeness (QED) is 0.141. The molecule has 0 bridgehead atoms. The molecule has 1 amide bonds. The summed E-state index contributed by atoms with van der Waals surface area (Å²) in [7, 11) is -1.41. The van der Waals surface area contributed by atoms with Crippen LogP contribution < -0.4 is 5.32 Å². The summed E-state index contributed by atoms with van der Waals surface area (Å²) in [5.74, 6) is 0.0985. The Labute approximate surface area is 251 Å². The Morgan fingerprint density at radius 3 is 2.21 bits per heavy atom. The Hall–Kier alpha value is -2.85. The molecule has 0 aliphatic heterocycles. The van der Waals surface area contributed by atoms with Crippen LogP contribution in [0.3, 0.4) is 0 Å². The number of ether oxygens (including phenoxy) is 1. The van der Waals surface area contributed by atoms with Crippen molar-refractivity contribution >= 4 is 31.0 Å². The molecule has 42 heavy (non-hydrogen) atoms. The lowest BCUT2D eigenvalue weighted by molar-refractivity contribution is 0.0501. The van der Waals surface area contributed by atoms with Crippen LogP contribution in [0, 0.1) is 0 Å². The molecular weight excluding hydrogens is 577 g/mol. The first kappa shape index (κ1) is 33.6. The summed E-state index contributed by atoms with van der Waals surface area (Å²) in [5, 5.41) is 13.3. The van der Waals surface area contributed by atoms with Crippen LogP contribution in [-0.4, -0.2) is 56.6 Å². The van der Waals surface area contributed by atoms with Gasteiger partial charge in [0.05, 0.1) is 18.1 Å². The number of nitrogens with one attached hydrogen (secondary N) is 1. The van der Waals surface area contributed by atoms with Gasteiger partial charge >= 0.3 is 13.9 Å². The number of rotatable bonds is 15. The summed E-state index contributed by atoms with van der Waals surface area (Å²) in [6, 6.07) is 21.2. The molecule has 1 unspecified atom stereocenters. The third kappa shape index (κ3) is 9.59. The average molecular weight is 618 g/mol. The fraction of sp³-hybridized carbons (Fsp3) is 0.419. The van der Waals surface area contributed by atoms with Crippen LogP contribution in [0.4, 0.5) is 4.79 Å². The van der Waals surface area contributed by atoms with Gasteiger partial charge in [-0.15, -0.1) is 11.3 Å². The van der Waals surface area contributed by atoms with Crippen molar-refractivity contribution in [2.24, 2.45) is 0 Å². The number of hydrogen-bond acceptors (Lipinski definition) is 9. The first-order chi connectivity index (χ1) is 19.9. The molecular formula is C31H40NO8PS. The highest BCUT2D eigenvalue weighted by atomic mass is 32.1. The zero-order chi connectivity index (χ0) is 30.8. The largest absolute Gasteiger partial charge is 0.474 e. The number of benzene rings is 2. The number of hydrogen-bond donors (Lipinski definition) is 2. The van der Waals surface area contributed by atoms with Crippen LogP contribution in [0.1, 0.15) is 54.4 Å². The monoisotopic (exact) mass is 617 g/mol. The highest BCUT2D eigenvalue weighted by Gasteiger charge is 2.36. The molecule has 0 saturated heterocycles. The second-order valence-corrected chi connectivity index (χ2v) is 13.8. The number of alkyl carbamates (subject to hydrolysis) is 1. The average Bonchev–Trinajstić information content (AvgIpc) is 3.48. The van der Waals surface area contributed by atoms with E-state index in [1.54, 1.807) is 20.8 Å². The molecule has 0 saturated carbocycles. The van der Waals surface area contributed by atoms with Crippen molar-refractivity contribution in [3.63, 3.8) is 0 Å². The zero-order valence-electron chi connectivity index (χ0n) is 24.8. The van der Waals surface area contributed by atoms with Gasteiger partial charge in [0.15, 0.2) is 5.78 Å². The number of amides is 1. The standard InChI is InChI=1S/C31H40NO8PS/c1-30(2,3)40-29(35)32-20-19-31(21-33,22-39-41(36,37-4)38-5)25-14-12-24(13-15-25)27-17-18-28(42-27)26(34)16-11-23-9-7-6-8-10-23/h6-10,12-15,17-18,33H,11,16,19-22H2,1-5H3,(H,32,35). The van der Waals surface area contributed by atoms with Gasteiger partial charge in [-0.3, -0.25) is 18.4 Å². The molecule has 1 aromatic heterocycles. The van der Waals surface area contributed by atoms with Gasteiger partial charge in [0.1, 0.15) is 5.60 Å². The van der Waals surface area contributed by atoms with E-state index in [-0.39, 0.29) is 32.0 Å².